The van der Waals surface area contributed by atoms with Gasteiger partial charge in [-0.25, -0.2) is 9.37 Å². The maximum atomic E-state index is 13.1. The first-order chi connectivity index (χ1) is 8.49. The molecule has 0 N–H and O–H groups in total. The number of hydrogen-bond donors (Lipinski definition) is 0. The van der Waals surface area contributed by atoms with Crippen LogP contribution in [0.3, 0.4) is 0 Å². The maximum Gasteiger partial charge on any atom is 0.268 e. The van der Waals surface area contributed by atoms with Crippen molar-refractivity contribution in [2.45, 2.75) is 13.5 Å². The zero-order chi connectivity index (χ0) is 13.3. The first kappa shape index (κ1) is 13.2. The second kappa shape index (κ2) is 5.20. The molecule has 1 aromatic carbocycles. The van der Waals surface area contributed by atoms with Gasteiger partial charge in [-0.1, -0.05) is 11.6 Å². The van der Waals surface area contributed by atoms with Gasteiger partial charge >= 0.3 is 0 Å². The summed E-state index contributed by atoms with van der Waals surface area (Å²) in [4.78, 5) is 16.0. The fourth-order valence-electron chi connectivity index (χ4n) is 1.51. The Hall–Kier alpha value is -1.20. The van der Waals surface area contributed by atoms with Crippen molar-refractivity contribution in [3.63, 3.8) is 0 Å². The summed E-state index contributed by atoms with van der Waals surface area (Å²) in [5.41, 5.74) is 0.931. The minimum atomic E-state index is -0.387. The van der Waals surface area contributed by atoms with Gasteiger partial charge < -0.3 is 0 Å². The maximum absolute atomic E-state index is 13.1. The minimum absolute atomic E-state index is 0.182. The molecule has 0 aliphatic carbocycles. The van der Waals surface area contributed by atoms with Crippen LogP contribution >= 0.6 is 27.5 Å². The molecule has 0 radical (unpaired) electrons. The predicted molar refractivity (Wildman–Crippen MR) is 71.4 cm³/mol. The van der Waals surface area contributed by atoms with Gasteiger partial charge in [0.25, 0.3) is 5.56 Å². The molecule has 0 atom stereocenters. The number of halogens is 3. The average molecular weight is 332 g/mol. The van der Waals surface area contributed by atoms with E-state index in [1.54, 1.807) is 6.92 Å². The fourth-order valence-corrected chi connectivity index (χ4v) is 2.01. The third-order valence-electron chi connectivity index (χ3n) is 2.51. The molecule has 0 aliphatic heterocycles. The van der Waals surface area contributed by atoms with Crippen LogP contribution in [0.4, 0.5) is 4.39 Å². The lowest BCUT2D eigenvalue weighted by Gasteiger charge is -2.08. The van der Waals surface area contributed by atoms with Gasteiger partial charge in [0.1, 0.15) is 10.3 Å². The van der Waals surface area contributed by atoms with Crippen LogP contribution in [0.5, 0.6) is 0 Å². The van der Waals surface area contributed by atoms with E-state index in [-0.39, 0.29) is 17.9 Å². The van der Waals surface area contributed by atoms with E-state index >= 15 is 0 Å². The second-order valence-electron chi connectivity index (χ2n) is 3.81. The van der Waals surface area contributed by atoms with E-state index in [4.69, 9.17) is 11.6 Å². The Labute approximate surface area is 116 Å². The number of aromatic nitrogens is 2. The standard InChI is InChI=1S/C12H9BrClFN2O/c1-7-11(13)12(18)17(6-16-7)5-8-4-9(15)2-3-10(8)14/h2-4,6H,5H2,1H3. The molecule has 0 saturated heterocycles. The van der Waals surface area contributed by atoms with Crippen molar-refractivity contribution in [3.8, 4) is 0 Å². The summed E-state index contributed by atoms with van der Waals surface area (Å²) in [6.07, 6.45) is 1.42. The van der Waals surface area contributed by atoms with E-state index in [9.17, 15) is 9.18 Å². The molecule has 0 spiro atoms. The van der Waals surface area contributed by atoms with Crippen LogP contribution in [-0.4, -0.2) is 9.55 Å². The highest BCUT2D eigenvalue weighted by Gasteiger charge is 2.08. The smallest absolute Gasteiger partial charge is 0.268 e. The van der Waals surface area contributed by atoms with E-state index < -0.39 is 0 Å². The molecule has 1 aromatic heterocycles. The molecule has 18 heavy (non-hydrogen) atoms. The molecular weight excluding hydrogens is 322 g/mol. The summed E-state index contributed by atoms with van der Waals surface area (Å²) in [6, 6.07) is 4.05. The molecule has 2 aromatic rings. The highest BCUT2D eigenvalue weighted by atomic mass is 79.9. The van der Waals surface area contributed by atoms with Crippen LogP contribution < -0.4 is 5.56 Å². The molecule has 3 nitrogen and oxygen atoms in total. The van der Waals surface area contributed by atoms with E-state index in [1.807, 2.05) is 0 Å². The van der Waals surface area contributed by atoms with E-state index in [0.29, 0.717) is 20.8 Å². The number of benzene rings is 1. The molecule has 2 rings (SSSR count). The highest BCUT2D eigenvalue weighted by Crippen LogP contribution is 2.18. The Bertz CT molecular complexity index is 657. The van der Waals surface area contributed by atoms with Gasteiger partial charge in [0, 0.05) is 5.02 Å². The van der Waals surface area contributed by atoms with Crippen LogP contribution in [0.2, 0.25) is 5.02 Å². The number of nitrogens with zero attached hydrogens (tertiary/aromatic N) is 2. The van der Waals surface area contributed by atoms with Gasteiger partial charge in [-0.3, -0.25) is 9.36 Å². The van der Waals surface area contributed by atoms with Crippen LogP contribution in [-0.2, 0) is 6.54 Å². The Kier molecular flexibility index (Phi) is 3.82. The lowest BCUT2D eigenvalue weighted by molar-refractivity contribution is 0.622. The van der Waals surface area contributed by atoms with Gasteiger partial charge in [-0.15, -0.1) is 0 Å². The van der Waals surface area contributed by atoms with Crippen molar-refractivity contribution in [2.75, 3.05) is 0 Å². The van der Waals surface area contributed by atoms with Gasteiger partial charge in [0.15, 0.2) is 0 Å². The average Bonchev–Trinajstić information content (AvgIpc) is 2.34. The first-order valence-corrected chi connectivity index (χ1v) is 6.31. The summed E-state index contributed by atoms with van der Waals surface area (Å²) in [6.45, 7) is 1.91. The Morgan fingerprint density at radius 1 is 1.50 bits per heavy atom. The molecule has 6 heteroatoms. The van der Waals surface area contributed by atoms with Crippen LogP contribution in [0.1, 0.15) is 11.3 Å². The molecule has 1 heterocycles. The molecule has 0 unspecified atom stereocenters. The minimum Gasteiger partial charge on any atom is -0.294 e. The number of hydrogen-bond acceptors (Lipinski definition) is 2. The molecule has 0 saturated carbocycles. The number of aryl methyl sites for hydroxylation is 1. The number of rotatable bonds is 2. The first-order valence-electron chi connectivity index (χ1n) is 5.14. The molecule has 94 valence electrons. The highest BCUT2D eigenvalue weighted by molar-refractivity contribution is 9.10. The molecule has 0 amide bonds. The quantitative estimate of drug-likeness (QED) is 0.847. The third kappa shape index (κ3) is 2.62. The summed E-state index contributed by atoms with van der Waals surface area (Å²) in [5, 5.41) is 0.417. The van der Waals surface area contributed by atoms with Crippen LogP contribution in [0.15, 0.2) is 33.8 Å². The van der Waals surface area contributed by atoms with Gasteiger partial charge in [-0.2, -0.15) is 0 Å². The Balaban J connectivity index is 2.44. The monoisotopic (exact) mass is 330 g/mol. The molecule has 0 aliphatic rings. The Morgan fingerprint density at radius 3 is 2.94 bits per heavy atom. The van der Waals surface area contributed by atoms with Gasteiger partial charge in [0.05, 0.1) is 18.6 Å². The molecule has 0 bridgehead atoms. The van der Waals surface area contributed by atoms with Crippen LogP contribution in [0, 0.1) is 12.7 Å². The second-order valence-corrected chi connectivity index (χ2v) is 5.01. The van der Waals surface area contributed by atoms with Crippen molar-refractivity contribution in [2.24, 2.45) is 0 Å². The molecule has 0 fully saturated rings. The summed E-state index contributed by atoms with van der Waals surface area (Å²) < 4.78 is 14.9. The van der Waals surface area contributed by atoms with Crippen molar-refractivity contribution >= 4 is 27.5 Å². The lowest BCUT2D eigenvalue weighted by Crippen LogP contribution is -2.22. The normalized spacial score (nSPS) is 10.7. The van der Waals surface area contributed by atoms with E-state index in [2.05, 4.69) is 20.9 Å². The van der Waals surface area contributed by atoms with Gasteiger partial charge in [0.2, 0.25) is 0 Å². The van der Waals surface area contributed by atoms with Crippen LogP contribution in [0.25, 0.3) is 0 Å². The van der Waals surface area contributed by atoms with Crippen molar-refractivity contribution in [1.29, 1.82) is 0 Å². The predicted octanol–water partition coefficient (Wildman–Crippen LogP) is 3.16. The lowest BCUT2D eigenvalue weighted by atomic mass is 10.2. The SMILES string of the molecule is Cc1ncn(Cc2cc(F)ccc2Cl)c(=O)c1Br. The van der Waals surface area contributed by atoms with Crippen molar-refractivity contribution in [1.82, 2.24) is 9.55 Å². The fraction of sp³-hybridized carbons (Fsp3) is 0.167. The van der Waals surface area contributed by atoms with E-state index in [1.165, 1.54) is 29.1 Å². The summed E-state index contributed by atoms with van der Waals surface area (Å²) >= 11 is 9.13. The van der Waals surface area contributed by atoms with Crippen molar-refractivity contribution < 1.29 is 4.39 Å². The molecular formula is C12H9BrClFN2O. The van der Waals surface area contributed by atoms with Crippen molar-refractivity contribution in [3.05, 3.63) is 61.5 Å². The largest absolute Gasteiger partial charge is 0.294 e. The zero-order valence-electron chi connectivity index (χ0n) is 9.45. The van der Waals surface area contributed by atoms with Gasteiger partial charge in [-0.05, 0) is 46.6 Å². The third-order valence-corrected chi connectivity index (χ3v) is 3.79. The Morgan fingerprint density at radius 2 is 2.22 bits per heavy atom. The summed E-state index contributed by atoms with van der Waals surface area (Å²) in [5.74, 6) is -0.387. The van der Waals surface area contributed by atoms with E-state index in [0.717, 1.165) is 0 Å². The summed E-state index contributed by atoms with van der Waals surface area (Å²) in [7, 11) is 0. The zero-order valence-corrected chi connectivity index (χ0v) is 11.8. The topological polar surface area (TPSA) is 34.9 Å².